The standard InChI is InChI=1S/C30H31ClN2O5/c1-6-21(34)12-19-13-24-26(17-28(19)36-5)32-10-9-27(24)37-23-8-7-18(25(31)16-23)11-22(35)14-20-15-29(38-33-20)30(2,3)4/h7-10,13,15-17H,6,11-12,14H2,1-5H3. The van der Waals surface area contributed by atoms with Crippen LogP contribution in [0.1, 0.15) is 56.7 Å². The zero-order valence-corrected chi connectivity index (χ0v) is 23.0. The van der Waals surface area contributed by atoms with Gasteiger partial charge in [0.2, 0.25) is 0 Å². The van der Waals surface area contributed by atoms with Crippen LogP contribution in [0, 0.1) is 0 Å². The normalized spacial score (nSPS) is 11.5. The Balaban J connectivity index is 1.51. The number of hydrogen-bond donors (Lipinski definition) is 0. The Labute approximate surface area is 227 Å². The van der Waals surface area contributed by atoms with Crippen molar-refractivity contribution in [3.05, 3.63) is 76.3 Å². The number of pyridine rings is 1. The molecule has 0 N–H and O–H groups in total. The third kappa shape index (κ3) is 6.40. The molecule has 2 heterocycles. The van der Waals surface area contributed by atoms with Gasteiger partial charge in [0.25, 0.3) is 0 Å². The fourth-order valence-electron chi connectivity index (χ4n) is 4.04. The van der Waals surface area contributed by atoms with Crippen molar-refractivity contribution in [3.8, 4) is 17.2 Å². The molecule has 198 valence electrons. The van der Waals surface area contributed by atoms with E-state index < -0.39 is 0 Å². The molecule has 0 aliphatic carbocycles. The summed E-state index contributed by atoms with van der Waals surface area (Å²) in [6.45, 7) is 7.92. The molecule has 4 rings (SSSR count). The second-order valence-corrected chi connectivity index (χ2v) is 10.6. The molecule has 2 aromatic carbocycles. The third-order valence-corrected chi connectivity index (χ3v) is 6.55. The first-order chi connectivity index (χ1) is 18.1. The van der Waals surface area contributed by atoms with Crippen molar-refractivity contribution in [2.75, 3.05) is 7.11 Å². The highest BCUT2D eigenvalue weighted by atomic mass is 35.5. The molecule has 0 unspecified atom stereocenters. The molecule has 0 aliphatic heterocycles. The van der Waals surface area contributed by atoms with Gasteiger partial charge in [-0.05, 0) is 29.8 Å². The Morgan fingerprint density at radius 2 is 1.71 bits per heavy atom. The highest BCUT2D eigenvalue weighted by Crippen LogP contribution is 2.35. The predicted molar refractivity (Wildman–Crippen MR) is 146 cm³/mol. The quantitative estimate of drug-likeness (QED) is 0.219. The lowest BCUT2D eigenvalue weighted by Gasteiger charge is -2.13. The number of Topliss-reactive ketones (excluding diaryl/α,β-unsaturated/α-hetero) is 2. The zero-order valence-electron chi connectivity index (χ0n) is 22.3. The van der Waals surface area contributed by atoms with Gasteiger partial charge in [0.1, 0.15) is 34.6 Å². The van der Waals surface area contributed by atoms with Gasteiger partial charge in [-0.15, -0.1) is 0 Å². The van der Waals surface area contributed by atoms with Crippen LogP contribution in [0.4, 0.5) is 0 Å². The van der Waals surface area contributed by atoms with Gasteiger partial charge in [-0.1, -0.05) is 50.5 Å². The van der Waals surface area contributed by atoms with Crippen LogP contribution in [0.2, 0.25) is 5.02 Å². The van der Waals surface area contributed by atoms with Crippen molar-refractivity contribution in [1.82, 2.24) is 10.1 Å². The Morgan fingerprint density at radius 1 is 0.947 bits per heavy atom. The SMILES string of the molecule is CCC(=O)Cc1cc2c(Oc3ccc(CC(=O)Cc4cc(C(C)(C)C)on4)c(Cl)c3)ccnc2cc1OC. The third-order valence-electron chi connectivity index (χ3n) is 6.20. The highest BCUT2D eigenvalue weighted by molar-refractivity contribution is 6.31. The minimum Gasteiger partial charge on any atom is -0.496 e. The van der Waals surface area contributed by atoms with E-state index in [-0.39, 0.29) is 36.2 Å². The summed E-state index contributed by atoms with van der Waals surface area (Å²) in [5, 5.41) is 5.22. The van der Waals surface area contributed by atoms with Gasteiger partial charge < -0.3 is 14.0 Å². The van der Waals surface area contributed by atoms with Crippen molar-refractivity contribution < 1.29 is 23.6 Å². The summed E-state index contributed by atoms with van der Waals surface area (Å²) < 4.78 is 17.0. The molecule has 0 spiro atoms. The number of carbonyl (C=O) groups is 2. The van der Waals surface area contributed by atoms with Gasteiger partial charge in [0.15, 0.2) is 0 Å². The van der Waals surface area contributed by atoms with Crippen molar-refractivity contribution in [1.29, 1.82) is 0 Å². The maximum Gasteiger partial charge on any atom is 0.143 e. The molecular weight excluding hydrogens is 504 g/mol. The van der Waals surface area contributed by atoms with E-state index in [2.05, 4.69) is 10.1 Å². The van der Waals surface area contributed by atoms with Gasteiger partial charge in [0, 0.05) is 59.0 Å². The Hall–Kier alpha value is -3.71. The van der Waals surface area contributed by atoms with Crippen LogP contribution in [-0.2, 0) is 34.3 Å². The van der Waals surface area contributed by atoms with Crippen LogP contribution in [0.15, 0.2) is 53.2 Å². The number of carbonyl (C=O) groups excluding carboxylic acids is 2. The Kier molecular flexibility index (Phi) is 8.17. The number of fused-ring (bicyclic) bond motifs is 1. The largest absolute Gasteiger partial charge is 0.496 e. The monoisotopic (exact) mass is 534 g/mol. The van der Waals surface area contributed by atoms with E-state index in [4.69, 9.17) is 25.6 Å². The molecule has 38 heavy (non-hydrogen) atoms. The van der Waals surface area contributed by atoms with Crippen molar-refractivity contribution in [2.24, 2.45) is 0 Å². The van der Waals surface area contributed by atoms with Gasteiger partial charge in [-0.25, -0.2) is 0 Å². The molecule has 0 aliphatic rings. The van der Waals surface area contributed by atoms with Crippen molar-refractivity contribution in [2.45, 2.75) is 58.8 Å². The summed E-state index contributed by atoms with van der Waals surface area (Å²) in [7, 11) is 1.57. The topological polar surface area (TPSA) is 91.5 Å². The molecular formula is C30H31ClN2O5. The van der Waals surface area contributed by atoms with E-state index in [0.29, 0.717) is 45.5 Å². The number of rotatable bonds is 10. The highest BCUT2D eigenvalue weighted by Gasteiger charge is 2.21. The van der Waals surface area contributed by atoms with Crippen LogP contribution < -0.4 is 9.47 Å². The summed E-state index contributed by atoms with van der Waals surface area (Å²) >= 11 is 6.53. The lowest BCUT2D eigenvalue weighted by Crippen LogP contribution is -2.09. The van der Waals surface area contributed by atoms with E-state index >= 15 is 0 Å². The van der Waals surface area contributed by atoms with Crippen molar-refractivity contribution in [3.63, 3.8) is 0 Å². The number of benzene rings is 2. The summed E-state index contributed by atoms with van der Waals surface area (Å²) in [5.41, 5.74) is 2.60. The number of halogens is 1. The smallest absolute Gasteiger partial charge is 0.143 e. The second-order valence-electron chi connectivity index (χ2n) is 10.2. The number of aromatic nitrogens is 2. The summed E-state index contributed by atoms with van der Waals surface area (Å²) in [4.78, 5) is 29.2. The Bertz CT molecular complexity index is 1490. The van der Waals surface area contributed by atoms with Crippen LogP contribution in [0.5, 0.6) is 17.2 Å². The summed E-state index contributed by atoms with van der Waals surface area (Å²) in [6, 6.07) is 12.5. The molecule has 0 amide bonds. The molecule has 0 fully saturated rings. The average molecular weight is 535 g/mol. The summed E-state index contributed by atoms with van der Waals surface area (Å²) in [6.07, 6.45) is 2.70. The van der Waals surface area contributed by atoms with Crippen LogP contribution in [0.3, 0.4) is 0 Å². The van der Waals surface area contributed by atoms with Gasteiger partial charge in [-0.2, -0.15) is 0 Å². The molecule has 0 atom stereocenters. The number of hydrogen-bond acceptors (Lipinski definition) is 7. The molecule has 4 aromatic rings. The van der Waals surface area contributed by atoms with E-state index in [9.17, 15) is 9.59 Å². The Morgan fingerprint density at radius 3 is 2.37 bits per heavy atom. The lowest BCUT2D eigenvalue weighted by molar-refractivity contribution is -0.118. The first-order valence-corrected chi connectivity index (χ1v) is 12.9. The van der Waals surface area contributed by atoms with Gasteiger partial charge >= 0.3 is 0 Å². The van der Waals surface area contributed by atoms with Crippen molar-refractivity contribution >= 4 is 34.1 Å². The predicted octanol–water partition coefficient (Wildman–Crippen LogP) is 6.85. The number of nitrogens with zero attached hydrogens (tertiary/aromatic N) is 2. The van der Waals surface area contributed by atoms with E-state index in [0.717, 1.165) is 16.7 Å². The fraction of sp³-hybridized carbons (Fsp3) is 0.333. The van der Waals surface area contributed by atoms with E-state index in [1.54, 1.807) is 37.6 Å². The van der Waals surface area contributed by atoms with E-state index in [1.807, 2.05) is 45.9 Å². The minimum atomic E-state index is -0.172. The van der Waals surface area contributed by atoms with E-state index in [1.165, 1.54) is 0 Å². The van der Waals surface area contributed by atoms with Crippen LogP contribution >= 0.6 is 11.6 Å². The van der Waals surface area contributed by atoms with Gasteiger partial charge in [0.05, 0.1) is 24.7 Å². The fourth-order valence-corrected chi connectivity index (χ4v) is 4.27. The maximum atomic E-state index is 12.7. The first-order valence-electron chi connectivity index (χ1n) is 12.5. The lowest BCUT2D eigenvalue weighted by atomic mass is 9.93. The van der Waals surface area contributed by atoms with Gasteiger partial charge in [-0.3, -0.25) is 14.6 Å². The number of ketones is 2. The molecule has 0 saturated heterocycles. The summed E-state index contributed by atoms with van der Waals surface area (Å²) in [5.74, 6) is 2.55. The molecule has 2 aromatic heterocycles. The molecule has 0 saturated carbocycles. The maximum absolute atomic E-state index is 12.7. The number of methoxy groups -OCH3 is 1. The molecule has 8 heteroatoms. The molecule has 0 bridgehead atoms. The average Bonchev–Trinajstić information content (AvgIpc) is 3.34. The van der Waals surface area contributed by atoms with Crippen LogP contribution in [-0.4, -0.2) is 28.8 Å². The second kappa shape index (κ2) is 11.4. The number of ether oxygens (including phenoxy) is 2. The minimum absolute atomic E-state index is 0.0161. The van der Waals surface area contributed by atoms with Crippen LogP contribution in [0.25, 0.3) is 10.9 Å². The molecule has 0 radical (unpaired) electrons. The first kappa shape index (κ1) is 27.3. The zero-order chi connectivity index (χ0) is 27.4. The molecule has 7 nitrogen and oxygen atoms in total.